The lowest BCUT2D eigenvalue weighted by atomic mass is 9.98. The molecule has 12 heteroatoms. The Morgan fingerprint density at radius 3 is 2.60 bits per heavy atom. The molecule has 0 bridgehead atoms. The number of amides is 1. The van der Waals surface area contributed by atoms with Crippen LogP contribution in [0.2, 0.25) is 0 Å². The number of nitrogens with zero attached hydrogens (tertiary/aromatic N) is 6. The summed E-state index contributed by atoms with van der Waals surface area (Å²) in [6.07, 6.45) is 2.41. The second kappa shape index (κ2) is 11.6. The fraction of sp³-hybridized carbons (Fsp3) is 0.267. The van der Waals surface area contributed by atoms with E-state index >= 15 is 0 Å². The third-order valence-corrected chi connectivity index (χ3v) is 6.78. The lowest BCUT2D eigenvalue weighted by Crippen LogP contribution is -2.27. The lowest BCUT2D eigenvalue weighted by Gasteiger charge is -2.22. The fourth-order valence-electron chi connectivity index (χ4n) is 4.97. The van der Waals surface area contributed by atoms with Gasteiger partial charge < -0.3 is 18.9 Å². The van der Waals surface area contributed by atoms with E-state index in [0.717, 1.165) is 21.3 Å². The molecule has 0 spiro atoms. The van der Waals surface area contributed by atoms with Gasteiger partial charge in [0.25, 0.3) is 0 Å². The van der Waals surface area contributed by atoms with Crippen LogP contribution in [0.15, 0.2) is 61.3 Å². The van der Waals surface area contributed by atoms with Crippen LogP contribution in [0.1, 0.15) is 22.5 Å². The van der Waals surface area contributed by atoms with Gasteiger partial charge in [-0.1, -0.05) is 6.07 Å². The van der Waals surface area contributed by atoms with E-state index in [1.165, 1.54) is 18.1 Å². The Balaban J connectivity index is 1.49. The second-order valence-electron chi connectivity index (χ2n) is 9.90. The number of benzene rings is 2. The van der Waals surface area contributed by atoms with Crippen LogP contribution < -0.4 is 14.4 Å². The van der Waals surface area contributed by atoms with Crippen LogP contribution in [0.3, 0.4) is 0 Å². The molecule has 0 fully saturated rings. The van der Waals surface area contributed by atoms with Crippen molar-refractivity contribution in [2.24, 2.45) is 7.05 Å². The number of carbonyl (C=O) groups is 1. The molecule has 0 aliphatic rings. The van der Waals surface area contributed by atoms with E-state index in [4.69, 9.17) is 9.47 Å². The molecule has 0 N–H and O–H groups in total. The zero-order valence-corrected chi connectivity index (χ0v) is 23.5. The summed E-state index contributed by atoms with van der Waals surface area (Å²) in [6, 6.07) is 10.8. The van der Waals surface area contributed by atoms with Crippen LogP contribution in [-0.4, -0.2) is 51.0 Å². The van der Waals surface area contributed by atoms with Crippen molar-refractivity contribution in [2.75, 3.05) is 25.2 Å². The van der Waals surface area contributed by atoms with Gasteiger partial charge in [0.15, 0.2) is 5.69 Å². The fourth-order valence-corrected chi connectivity index (χ4v) is 4.97. The van der Waals surface area contributed by atoms with Gasteiger partial charge in [-0.2, -0.15) is 18.3 Å². The second-order valence-corrected chi connectivity index (χ2v) is 9.90. The summed E-state index contributed by atoms with van der Waals surface area (Å²) in [7, 11) is 3.00. The Morgan fingerprint density at radius 2 is 1.90 bits per heavy atom. The molecule has 0 aliphatic heterocycles. The molecule has 0 atom stereocenters. The van der Waals surface area contributed by atoms with E-state index in [0.29, 0.717) is 35.5 Å². The Hall–Kier alpha value is -4.87. The number of rotatable bonds is 10. The maximum atomic E-state index is 14.0. The van der Waals surface area contributed by atoms with Crippen LogP contribution in [0, 0.1) is 13.8 Å². The van der Waals surface area contributed by atoms with Gasteiger partial charge in [-0.3, -0.25) is 14.5 Å². The highest BCUT2D eigenvalue weighted by Gasteiger charge is 2.38. The van der Waals surface area contributed by atoms with Crippen molar-refractivity contribution in [3.63, 3.8) is 0 Å². The number of alkyl halides is 3. The minimum absolute atomic E-state index is 0.0158. The average Bonchev–Trinajstić information content (AvgIpc) is 3.60. The predicted octanol–water partition coefficient (Wildman–Crippen LogP) is 5.57. The third kappa shape index (κ3) is 5.92. The quantitative estimate of drug-likeness (QED) is 0.202. The molecule has 1 amide bonds. The molecule has 218 valence electrons. The summed E-state index contributed by atoms with van der Waals surface area (Å²) in [5.74, 6) is 0.899. The van der Waals surface area contributed by atoms with Crippen LogP contribution in [-0.2, 0) is 24.6 Å². The van der Waals surface area contributed by atoms with E-state index in [2.05, 4.69) is 15.1 Å². The molecule has 0 saturated carbocycles. The molecule has 0 aliphatic carbocycles. The van der Waals surface area contributed by atoms with Gasteiger partial charge in [-0.25, -0.2) is 4.98 Å². The molecule has 0 unspecified atom stereocenters. The smallest absolute Gasteiger partial charge is 0.435 e. The van der Waals surface area contributed by atoms with E-state index < -0.39 is 11.9 Å². The summed E-state index contributed by atoms with van der Waals surface area (Å²) in [6.45, 7) is 4.17. The highest BCUT2D eigenvalue weighted by Crippen LogP contribution is 2.41. The summed E-state index contributed by atoms with van der Waals surface area (Å²) < 4.78 is 56.5. The van der Waals surface area contributed by atoms with E-state index in [9.17, 15) is 18.0 Å². The average molecular weight is 579 g/mol. The van der Waals surface area contributed by atoms with Crippen LogP contribution >= 0.6 is 0 Å². The minimum atomic E-state index is -4.67. The first kappa shape index (κ1) is 28.7. The topological polar surface area (TPSA) is 87.3 Å². The standard InChI is InChI=1S/C30H29F3N6O3/c1-19-11-21(15-38-8-7-34-17-38)13-23(25-16-37(3)36-29(25)30(31,32)33)28(19)42-10-9-39(18-40)27-12-20(2)35-26-6-5-22(41-4)14-24(26)27/h5-8,11-14,16-18H,9-10,15H2,1-4H3. The Morgan fingerprint density at radius 1 is 1.10 bits per heavy atom. The first-order valence-corrected chi connectivity index (χ1v) is 13.1. The number of aromatic nitrogens is 5. The lowest BCUT2D eigenvalue weighted by molar-refractivity contribution is -0.141. The number of aryl methyl sites for hydroxylation is 3. The summed E-state index contributed by atoms with van der Waals surface area (Å²) >= 11 is 0. The maximum absolute atomic E-state index is 14.0. The Kier molecular flexibility index (Phi) is 7.88. The number of hydrogen-bond acceptors (Lipinski definition) is 6. The van der Waals surface area contributed by atoms with Gasteiger partial charge in [0.2, 0.25) is 6.41 Å². The van der Waals surface area contributed by atoms with Crippen molar-refractivity contribution in [1.82, 2.24) is 24.3 Å². The molecule has 5 aromatic rings. The number of hydrogen-bond donors (Lipinski definition) is 0. The highest BCUT2D eigenvalue weighted by molar-refractivity contribution is 5.97. The molecule has 0 radical (unpaired) electrons. The molecule has 3 heterocycles. The molecule has 0 saturated heterocycles. The van der Waals surface area contributed by atoms with E-state index in [-0.39, 0.29) is 30.0 Å². The first-order chi connectivity index (χ1) is 20.1. The number of fused-ring (bicyclic) bond motifs is 1. The van der Waals surface area contributed by atoms with Gasteiger partial charge in [0.1, 0.15) is 18.1 Å². The maximum Gasteiger partial charge on any atom is 0.435 e. The molecular weight excluding hydrogens is 549 g/mol. The number of halogens is 3. The van der Waals surface area contributed by atoms with Crippen molar-refractivity contribution in [1.29, 1.82) is 0 Å². The van der Waals surface area contributed by atoms with Gasteiger partial charge in [0.05, 0.1) is 31.2 Å². The SMILES string of the molecule is COc1ccc2nc(C)cc(N(C=O)CCOc3c(C)cc(Cn4ccnc4)cc3-c3cn(C)nc3C(F)(F)F)c2c1. The van der Waals surface area contributed by atoms with Crippen molar-refractivity contribution in [2.45, 2.75) is 26.6 Å². The number of ether oxygens (including phenoxy) is 2. The van der Waals surface area contributed by atoms with Gasteiger partial charge >= 0.3 is 6.18 Å². The number of anilines is 1. The number of pyridine rings is 1. The van der Waals surface area contributed by atoms with Crippen molar-refractivity contribution in [3.05, 3.63) is 83.8 Å². The number of imidazole rings is 1. The highest BCUT2D eigenvalue weighted by atomic mass is 19.4. The van der Waals surface area contributed by atoms with Crippen molar-refractivity contribution < 1.29 is 27.4 Å². The number of carbonyl (C=O) groups excluding carboxylic acids is 1. The Labute approximate surface area is 240 Å². The van der Waals surface area contributed by atoms with Crippen molar-refractivity contribution in [3.8, 4) is 22.6 Å². The van der Waals surface area contributed by atoms with E-state index in [1.807, 2.05) is 23.6 Å². The predicted molar refractivity (Wildman–Crippen MR) is 152 cm³/mol. The largest absolute Gasteiger partial charge is 0.497 e. The molecule has 3 aromatic heterocycles. The van der Waals surface area contributed by atoms with Gasteiger partial charge in [-0.05, 0) is 55.3 Å². The van der Waals surface area contributed by atoms with E-state index in [1.54, 1.807) is 57.0 Å². The van der Waals surface area contributed by atoms with Crippen LogP contribution in [0.5, 0.6) is 11.5 Å². The molecular formula is C30H29F3N6O3. The summed E-state index contributed by atoms with van der Waals surface area (Å²) in [5.41, 5.74) is 2.62. The zero-order chi connectivity index (χ0) is 30.0. The molecule has 2 aromatic carbocycles. The first-order valence-electron chi connectivity index (χ1n) is 13.1. The summed E-state index contributed by atoms with van der Waals surface area (Å²) in [4.78, 5) is 22.3. The minimum Gasteiger partial charge on any atom is -0.497 e. The van der Waals surface area contributed by atoms with Gasteiger partial charge in [0, 0.05) is 54.4 Å². The van der Waals surface area contributed by atoms with Crippen LogP contribution in [0.25, 0.3) is 22.0 Å². The summed E-state index contributed by atoms with van der Waals surface area (Å²) in [5, 5.41) is 4.42. The third-order valence-electron chi connectivity index (χ3n) is 6.78. The molecule has 5 rings (SSSR count). The normalized spacial score (nSPS) is 11.6. The van der Waals surface area contributed by atoms with Gasteiger partial charge in [-0.15, -0.1) is 0 Å². The Bertz CT molecular complexity index is 1730. The van der Waals surface area contributed by atoms with Crippen molar-refractivity contribution >= 4 is 23.0 Å². The number of methoxy groups -OCH3 is 1. The zero-order valence-electron chi connectivity index (χ0n) is 23.5. The molecule has 42 heavy (non-hydrogen) atoms. The monoisotopic (exact) mass is 578 g/mol. The van der Waals surface area contributed by atoms with Crippen LogP contribution in [0.4, 0.5) is 18.9 Å². The molecule has 9 nitrogen and oxygen atoms in total.